The van der Waals surface area contributed by atoms with Crippen LogP contribution in [0.1, 0.15) is 16.7 Å². The van der Waals surface area contributed by atoms with E-state index in [0.717, 1.165) is 27.6 Å². The van der Waals surface area contributed by atoms with Crippen LogP contribution < -0.4 is 10.2 Å². The Morgan fingerprint density at radius 2 is 1.84 bits per heavy atom. The van der Waals surface area contributed by atoms with E-state index < -0.39 is 0 Å². The number of hydrogen-bond acceptors (Lipinski definition) is 3. The Morgan fingerprint density at radius 1 is 1.08 bits per heavy atom. The summed E-state index contributed by atoms with van der Waals surface area (Å²) >= 11 is 0. The average Bonchev–Trinajstić information content (AvgIpc) is 2.63. The first kappa shape index (κ1) is 16.7. The Morgan fingerprint density at radius 3 is 2.60 bits per heavy atom. The van der Waals surface area contributed by atoms with Crippen molar-refractivity contribution in [3.05, 3.63) is 77.4 Å². The lowest BCUT2D eigenvalue weighted by Crippen LogP contribution is -2.19. The van der Waals surface area contributed by atoms with Crippen molar-refractivity contribution in [2.75, 3.05) is 7.11 Å². The average molecular weight is 332 g/mol. The minimum atomic E-state index is -0.153. The number of amides is 1. The molecule has 1 amide bonds. The van der Waals surface area contributed by atoms with E-state index in [0.29, 0.717) is 6.42 Å². The normalized spacial score (nSPS) is 11.0. The van der Waals surface area contributed by atoms with Gasteiger partial charge in [-0.2, -0.15) is 5.10 Å². The van der Waals surface area contributed by atoms with Crippen LogP contribution in [0, 0.1) is 6.92 Å². The SMILES string of the molecule is COc1ccc2ccccc2c1/C=N\NC(=O)Cc1ccc(C)cc1. The number of nitrogens with zero attached hydrogens (tertiary/aromatic N) is 1. The number of hydrogen-bond donors (Lipinski definition) is 1. The zero-order chi connectivity index (χ0) is 17.6. The fraction of sp³-hybridized carbons (Fsp3) is 0.143. The van der Waals surface area contributed by atoms with Crippen molar-refractivity contribution in [1.82, 2.24) is 5.43 Å². The second-order valence-corrected chi connectivity index (χ2v) is 5.86. The molecule has 0 atom stereocenters. The summed E-state index contributed by atoms with van der Waals surface area (Å²) in [6, 6.07) is 19.8. The van der Waals surface area contributed by atoms with E-state index in [1.807, 2.05) is 67.6 Å². The molecule has 3 rings (SSSR count). The van der Waals surface area contributed by atoms with Gasteiger partial charge in [-0.1, -0.05) is 60.2 Å². The first-order valence-electron chi connectivity index (χ1n) is 8.10. The predicted octanol–water partition coefficient (Wildman–Crippen LogP) is 3.85. The van der Waals surface area contributed by atoms with Crippen LogP contribution in [0.2, 0.25) is 0 Å². The number of aryl methyl sites for hydroxylation is 1. The maximum absolute atomic E-state index is 12.0. The lowest BCUT2D eigenvalue weighted by Gasteiger charge is -2.08. The molecule has 4 nitrogen and oxygen atoms in total. The molecule has 0 heterocycles. The summed E-state index contributed by atoms with van der Waals surface area (Å²) in [6.45, 7) is 2.02. The highest BCUT2D eigenvalue weighted by Crippen LogP contribution is 2.26. The monoisotopic (exact) mass is 332 g/mol. The predicted molar refractivity (Wildman–Crippen MR) is 101 cm³/mol. The molecule has 0 aliphatic carbocycles. The van der Waals surface area contributed by atoms with E-state index in [2.05, 4.69) is 10.5 Å². The van der Waals surface area contributed by atoms with Gasteiger partial charge in [0.15, 0.2) is 0 Å². The topological polar surface area (TPSA) is 50.7 Å². The van der Waals surface area contributed by atoms with Gasteiger partial charge >= 0.3 is 0 Å². The number of carbonyl (C=O) groups excluding carboxylic acids is 1. The highest BCUT2D eigenvalue weighted by Gasteiger charge is 2.06. The molecule has 0 unspecified atom stereocenters. The molecule has 0 saturated heterocycles. The van der Waals surface area contributed by atoms with Gasteiger partial charge in [0.2, 0.25) is 5.91 Å². The quantitative estimate of drug-likeness (QED) is 0.570. The molecule has 0 aliphatic heterocycles. The molecule has 0 radical (unpaired) electrons. The maximum atomic E-state index is 12.0. The number of hydrazone groups is 1. The fourth-order valence-corrected chi connectivity index (χ4v) is 2.69. The van der Waals surface area contributed by atoms with Crippen molar-refractivity contribution in [3.8, 4) is 5.75 Å². The van der Waals surface area contributed by atoms with Gasteiger partial charge in [-0.25, -0.2) is 5.43 Å². The molecule has 0 fully saturated rings. The van der Waals surface area contributed by atoms with Crippen molar-refractivity contribution >= 4 is 22.9 Å². The van der Waals surface area contributed by atoms with Gasteiger partial charge in [-0.15, -0.1) is 0 Å². The van der Waals surface area contributed by atoms with E-state index in [9.17, 15) is 4.79 Å². The van der Waals surface area contributed by atoms with Gasteiger partial charge in [-0.05, 0) is 29.3 Å². The van der Waals surface area contributed by atoms with E-state index in [4.69, 9.17) is 4.74 Å². The lowest BCUT2D eigenvalue weighted by atomic mass is 10.0. The summed E-state index contributed by atoms with van der Waals surface area (Å²) in [5.41, 5.74) is 5.56. The van der Waals surface area contributed by atoms with Crippen LogP contribution >= 0.6 is 0 Å². The Balaban J connectivity index is 1.74. The number of fused-ring (bicyclic) bond motifs is 1. The minimum Gasteiger partial charge on any atom is -0.496 e. The lowest BCUT2D eigenvalue weighted by molar-refractivity contribution is -0.120. The highest BCUT2D eigenvalue weighted by atomic mass is 16.5. The molecular weight excluding hydrogens is 312 g/mol. The summed E-state index contributed by atoms with van der Waals surface area (Å²) < 4.78 is 5.41. The number of ether oxygens (including phenoxy) is 1. The van der Waals surface area contributed by atoms with Crippen LogP contribution in [0.15, 0.2) is 65.8 Å². The van der Waals surface area contributed by atoms with Crippen LogP contribution in [0.5, 0.6) is 5.75 Å². The molecule has 3 aromatic carbocycles. The first-order chi connectivity index (χ1) is 12.2. The summed E-state index contributed by atoms with van der Waals surface area (Å²) in [6.07, 6.45) is 1.93. The minimum absolute atomic E-state index is 0.153. The third kappa shape index (κ3) is 4.04. The van der Waals surface area contributed by atoms with Crippen molar-refractivity contribution in [2.45, 2.75) is 13.3 Å². The zero-order valence-corrected chi connectivity index (χ0v) is 14.3. The van der Waals surface area contributed by atoms with Crippen LogP contribution in [-0.4, -0.2) is 19.2 Å². The molecule has 0 bridgehead atoms. The van der Waals surface area contributed by atoms with Gasteiger partial charge in [-0.3, -0.25) is 4.79 Å². The summed E-state index contributed by atoms with van der Waals surface area (Å²) in [7, 11) is 1.62. The summed E-state index contributed by atoms with van der Waals surface area (Å²) in [5, 5.41) is 6.23. The Labute approximate surface area is 147 Å². The Bertz CT molecular complexity index is 915. The molecule has 0 spiro atoms. The fourth-order valence-electron chi connectivity index (χ4n) is 2.69. The molecule has 4 heteroatoms. The Kier molecular flexibility index (Phi) is 5.09. The second-order valence-electron chi connectivity index (χ2n) is 5.86. The van der Waals surface area contributed by atoms with Crippen molar-refractivity contribution in [3.63, 3.8) is 0 Å². The number of carbonyl (C=O) groups is 1. The molecule has 126 valence electrons. The van der Waals surface area contributed by atoms with E-state index in [1.54, 1.807) is 13.3 Å². The zero-order valence-electron chi connectivity index (χ0n) is 14.3. The van der Waals surface area contributed by atoms with Gasteiger partial charge in [0.05, 0.1) is 19.7 Å². The molecule has 3 aromatic rings. The summed E-state index contributed by atoms with van der Waals surface area (Å²) in [4.78, 5) is 12.0. The largest absolute Gasteiger partial charge is 0.496 e. The molecule has 1 N–H and O–H groups in total. The number of rotatable bonds is 5. The molecule has 25 heavy (non-hydrogen) atoms. The maximum Gasteiger partial charge on any atom is 0.244 e. The number of nitrogens with one attached hydrogen (secondary N) is 1. The Hall–Kier alpha value is -3.14. The molecule has 0 aliphatic rings. The van der Waals surface area contributed by atoms with Gasteiger partial charge < -0.3 is 4.74 Å². The van der Waals surface area contributed by atoms with Crippen molar-refractivity contribution < 1.29 is 9.53 Å². The van der Waals surface area contributed by atoms with Crippen LogP contribution in [-0.2, 0) is 11.2 Å². The second kappa shape index (κ2) is 7.62. The van der Waals surface area contributed by atoms with Gasteiger partial charge in [0.1, 0.15) is 5.75 Å². The smallest absolute Gasteiger partial charge is 0.244 e. The number of methoxy groups -OCH3 is 1. The summed E-state index contributed by atoms with van der Waals surface area (Å²) in [5.74, 6) is 0.564. The van der Waals surface area contributed by atoms with Crippen LogP contribution in [0.3, 0.4) is 0 Å². The van der Waals surface area contributed by atoms with Crippen LogP contribution in [0.25, 0.3) is 10.8 Å². The first-order valence-corrected chi connectivity index (χ1v) is 8.10. The molecular formula is C21H20N2O2. The number of benzene rings is 3. The van der Waals surface area contributed by atoms with Crippen molar-refractivity contribution in [1.29, 1.82) is 0 Å². The van der Waals surface area contributed by atoms with Gasteiger partial charge in [0.25, 0.3) is 0 Å². The van der Waals surface area contributed by atoms with Crippen LogP contribution in [0.4, 0.5) is 0 Å². The van der Waals surface area contributed by atoms with Crippen molar-refractivity contribution in [2.24, 2.45) is 5.10 Å². The third-order valence-electron chi connectivity index (χ3n) is 4.02. The molecule has 0 saturated carbocycles. The highest BCUT2D eigenvalue weighted by molar-refractivity contribution is 6.02. The van der Waals surface area contributed by atoms with E-state index in [-0.39, 0.29) is 5.91 Å². The van der Waals surface area contributed by atoms with E-state index >= 15 is 0 Å². The van der Waals surface area contributed by atoms with Gasteiger partial charge in [0, 0.05) is 5.56 Å². The third-order valence-corrected chi connectivity index (χ3v) is 4.02. The van der Waals surface area contributed by atoms with E-state index in [1.165, 1.54) is 5.56 Å². The molecule has 0 aromatic heterocycles. The standard InChI is InChI=1S/C21H20N2O2/c1-15-7-9-16(10-8-15)13-21(24)23-22-14-19-18-6-4-3-5-17(18)11-12-20(19)25-2/h3-12,14H,13H2,1-2H3,(H,23,24)/b22-14-.